The number of hydrogen-bond acceptors (Lipinski definition) is 2. The van der Waals surface area contributed by atoms with Gasteiger partial charge in [-0.15, -0.1) is 0 Å². The molecule has 0 aliphatic heterocycles. The Kier molecular flexibility index (Phi) is 5.85. The molecule has 4 aliphatic rings. The van der Waals surface area contributed by atoms with E-state index in [-0.39, 0.29) is 17.1 Å². The van der Waals surface area contributed by atoms with Crippen LogP contribution < -0.4 is 0 Å². The van der Waals surface area contributed by atoms with Crippen LogP contribution in [-0.2, 0) is 4.79 Å². The van der Waals surface area contributed by atoms with Gasteiger partial charge in [-0.2, -0.15) is 0 Å². The molecule has 7 atom stereocenters. The molecule has 2 nitrogen and oxygen atoms in total. The minimum absolute atomic E-state index is 0.0157. The Bertz CT molecular complexity index is 761. The lowest BCUT2D eigenvalue weighted by Crippen LogP contribution is -2.55. The Morgan fingerprint density at radius 1 is 0.903 bits per heavy atom. The summed E-state index contributed by atoms with van der Waals surface area (Å²) in [6, 6.07) is 0. The predicted molar refractivity (Wildman–Crippen MR) is 129 cm³/mol. The Balaban J connectivity index is 1.62. The van der Waals surface area contributed by atoms with Crippen LogP contribution >= 0.6 is 0 Å². The van der Waals surface area contributed by atoms with E-state index < -0.39 is 5.60 Å². The Morgan fingerprint density at radius 2 is 1.61 bits per heavy atom. The van der Waals surface area contributed by atoms with Crippen LogP contribution in [0.2, 0.25) is 0 Å². The molecular weight excluding hydrogens is 380 g/mol. The summed E-state index contributed by atoms with van der Waals surface area (Å²) in [5.74, 6) is 2.60. The highest BCUT2D eigenvalue weighted by Gasteiger charge is 2.63. The summed E-state index contributed by atoms with van der Waals surface area (Å²) in [4.78, 5) is 13.1. The van der Waals surface area contributed by atoms with Gasteiger partial charge < -0.3 is 5.11 Å². The van der Waals surface area contributed by atoms with Gasteiger partial charge in [0.1, 0.15) is 5.60 Å². The molecule has 0 amide bonds. The maximum atomic E-state index is 13.1. The van der Waals surface area contributed by atoms with Crippen molar-refractivity contribution in [1.29, 1.82) is 0 Å². The van der Waals surface area contributed by atoms with Gasteiger partial charge in [-0.25, -0.2) is 0 Å². The molecule has 0 radical (unpaired) electrons. The molecule has 2 fully saturated rings. The van der Waals surface area contributed by atoms with E-state index in [2.05, 4.69) is 41.5 Å². The number of hydrogen-bond donors (Lipinski definition) is 1. The molecule has 2 saturated carbocycles. The maximum Gasteiger partial charge on any atom is 0.167 e. The summed E-state index contributed by atoms with van der Waals surface area (Å²) >= 11 is 0. The van der Waals surface area contributed by atoms with E-state index >= 15 is 0 Å². The van der Waals surface area contributed by atoms with Crippen molar-refractivity contribution in [3.8, 4) is 0 Å². The summed E-state index contributed by atoms with van der Waals surface area (Å²) in [6.45, 7) is 16.6. The Morgan fingerprint density at radius 3 is 2.29 bits per heavy atom. The monoisotopic (exact) mass is 428 g/mol. The number of Topliss-reactive ketones (excluding diaryl/α,β-unsaturated/α-hetero) is 1. The molecule has 0 heterocycles. The highest BCUT2D eigenvalue weighted by Crippen LogP contribution is 2.71. The van der Waals surface area contributed by atoms with Crippen LogP contribution in [0.3, 0.4) is 0 Å². The zero-order chi connectivity index (χ0) is 22.8. The van der Waals surface area contributed by atoms with E-state index in [1.807, 2.05) is 0 Å². The first-order chi connectivity index (χ1) is 14.4. The number of rotatable bonds is 5. The molecule has 176 valence electrons. The minimum atomic E-state index is -1.11. The van der Waals surface area contributed by atoms with Crippen molar-refractivity contribution in [3.63, 3.8) is 0 Å². The molecule has 31 heavy (non-hydrogen) atoms. The number of fused-ring (bicyclic) bond motifs is 4. The van der Waals surface area contributed by atoms with E-state index in [0.717, 1.165) is 37.0 Å². The fraction of sp³-hybridized carbons (Fsp3) is 0.897. The van der Waals surface area contributed by atoms with Crippen LogP contribution in [-0.4, -0.2) is 16.5 Å². The Labute approximate surface area is 191 Å². The van der Waals surface area contributed by atoms with E-state index in [1.165, 1.54) is 44.9 Å². The lowest BCUT2D eigenvalue weighted by molar-refractivity contribution is -0.152. The van der Waals surface area contributed by atoms with E-state index in [9.17, 15) is 9.90 Å². The Hall–Kier alpha value is -0.630. The molecule has 0 aromatic heterocycles. The minimum Gasteiger partial charge on any atom is -0.382 e. The molecule has 0 bridgehead atoms. The molecule has 4 aliphatic carbocycles. The first kappa shape index (κ1) is 23.5. The van der Waals surface area contributed by atoms with Crippen molar-refractivity contribution >= 4 is 5.78 Å². The summed E-state index contributed by atoms with van der Waals surface area (Å²) in [5, 5.41) is 10.7. The first-order valence-electron chi connectivity index (χ1n) is 13.4. The molecule has 0 saturated heterocycles. The topological polar surface area (TPSA) is 37.3 Å². The lowest BCUT2D eigenvalue weighted by atomic mass is 9.45. The van der Waals surface area contributed by atoms with Crippen LogP contribution in [0.25, 0.3) is 0 Å². The SMILES string of the molecule is CC(C)CCC[C@@H](C)[C@H]1CC[C@@]2(C)C3=C(CC[C@]12C)[C@@]1(C)CC[C@@](C)(O)C(=O)[C@H]1CC3. The number of carbonyl (C=O) groups is 1. The van der Waals surface area contributed by atoms with Crippen molar-refractivity contribution < 1.29 is 9.90 Å². The van der Waals surface area contributed by atoms with Gasteiger partial charge in [0.05, 0.1) is 0 Å². The number of allylic oxidation sites excluding steroid dienone is 2. The van der Waals surface area contributed by atoms with Crippen molar-refractivity contribution in [2.75, 3.05) is 0 Å². The van der Waals surface area contributed by atoms with Gasteiger partial charge in [0.25, 0.3) is 0 Å². The largest absolute Gasteiger partial charge is 0.382 e. The van der Waals surface area contributed by atoms with E-state index in [0.29, 0.717) is 17.3 Å². The third kappa shape index (κ3) is 3.41. The van der Waals surface area contributed by atoms with Crippen molar-refractivity contribution in [2.45, 2.75) is 125 Å². The van der Waals surface area contributed by atoms with E-state index in [1.54, 1.807) is 18.1 Å². The summed E-state index contributed by atoms with van der Waals surface area (Å²) < 4.78 is 0. The zero-order valence-corrected chi connectivity index (χ0v) is 21.4. The molecule has 0 unspecified atom stereocenters. The van der Waals surface area contributed by atoms with Gasteiger partial charge in [-0.1, -0.05) is 72.0 Å². The highest BCUT2D eigenvalue weighted by atomic mass is 16.3. The lowest BCUT2D eigenvalue weighted by Gasteiger charge is -2.59. The van der Waals surface area contributed by atoms with Crippen LogP contribution in [0.4, 0.5) is 0 Å². The van der Waals surface area contributed by atoms with Crippen LogP contribution in [0.1, 0.15) is 119 Å². The van der Waals surface area contributed by atoms with Gasteiger partial charge in [0, 0.05) is 5.92 Å². The number of ketones is 1. The van der Waals surface area contributed by atoms with Crippen LogP contribution in [0, 0.1) is 39.9 Å². The summed E-state index contributed by atoms with van der Waals surface area (Å²) in [6.07, 6.45) is 12.9. The fourth-order valence-electron chi connectivity index (χ4n) is 8.87. The second-order valence-corrected chi connectivity index (χ2v) is 13.3. The van der Waals surface area contributed by atoms with Gasteiger partial charge in [-0.3, -0.25) is 4.79 Å². The normalized spacial score (nSPS) is 46.0. The van der Waals surface area contributed by atoms with Crippen molar-refractivity contribution in [3.05, 3.63) is 11.1 Å². The first-order valence-corrected chi connectivity index (χ1v) is 13.4. The molecule has 0 spiro atoms. The number of aliphatic hydroxyl groups is 1. The molecule has 0 aromatic carbocycles. The molecule has 1 N–H and O–H groups in total. The molecule has 2 heteroatoms. The fourth-order valence-corrected chi connectivity index (χ4v) is 8.87. The van der Waals surface area contributed by atoms with E-state index in [4.69, 9.17) is 0 Å². The maximum absolute atomic E-state index is 13.1. The summed E-state index contributed by atoms with van der Waals surface area (Å²) in [7, 11) is 0. The third-order valence-electron chi connectivity index (χ3n) is 11.2. The quantitative estimate of drug-likeness (QED) is 0.460. The van der Waals surface area contributed by atoms with Gasteiger partial charge in [0.15, 0.2) is 5.78 Å². The average molecular weight is 429 g/mol. The molecule has 4 rings (SSSR count). The smallest absolute Gasteiger partial charge is 0.167 e. The van der Waals surface area contributed by atoms with Gasteiger partial charge in [-0.05, 0) is 92.3 Å². The average Bonchev–Trinajstić information content (AvgIpc) is 2.97. The van der Waals surface area contributed by atoms with Crippen LogP contribution in [0.15, 0.2) is 11.1 Å². The molecule has 0 aromatic rings. The standard InChI is InChI=1S/C29H48O2/c1-19(2)9-8-10-20(3)21-13-15-28(6)23-11-12-24-25(30)29(7,31)18-17-26(24,4)22(23)14-16-27(21,28)5/h19-21,24,31H,8-18H2,1-7H3/t20-,21-,24-,26-,27-,28+,29-/m1/s1. The van der Waals surface area contributed by atoms with Gasteiger partial charge in [0.2, 0.25) is 0 Å². The summed E-state index contributed by atoms with van der Waals surface area (Å²) in [5.41, 5.74) is 2.95. The van der Waals surface area contributed by atoms with Crippen molar-refractivity contribution in [2.24, 2.45) is 39.9 Å². The molecular formula is C29H48O2. The van der Waals surface area contributed by atoms with Crippen LogP contribution in [0.5, 0.6) is 0 Å². The second-order valence-electron chi connectivity index (χ2n) is 13.3. The third-order valence-corrected chi connectivity index (χ3v) is 11.2. The zero-order valence-electron chi connectivity index (χ0n) is 21.4. The van der Waals surface area contributed by atoms with Crippen molar-refractivity contribution in [1.82, 2.24) is 0 Å². The highest BCUT2D eigenvalue weighted by molar-refractivity contribution is 5.91. The predicted octanol–water partition coefficient (Wildman–Crippen LogP) is 7.49. The number of carbonyl (C=O) groups excluding carboxylic acids is 1. The van der Waals surface area contributed by atoms with Gasteiger partial charge >= 0.3 is 0 Å². The second kappa shape index (κ2) is 7.71.